The van der Waals surface area contributed by atoms with Crippen molar-refractivity contribution in [1.29, 1.82) is 0 Å². The van der Waals surface area contributed by atoms with Crippen LogP contribution in [0.25, 0.3) is 10.9 Å². The van der Waals surface area contributed by atoms with Crippen molar-refractivity contribution in [2.45, 2.75) is 11.2 Å². The van der Waals surface area contributed by atoms with Gasteiger partial charge in [-0.1, -0.05) is 18.2 Å². The van der Waals surface area contributed by atoms with Crippen molar-refractivity contribution in [3.8, 4) is 0 Å². The predicted molar refractivity (Wildman–Crippen MR) is 81.8 cm³/mol. The Morgan fingerprint density at radius 2 is 1.71 bits per heavy atom. The highest BCUT2D eigenvalue weighted by atomic mass is 32.2. The maximum Gasteiger partial charge on any atom is 0.417 e. The van der Waals surface area contributed by atoms with E-state index in [2.05, 4.69) is 14.7 Å². The topological polar surface area (TPSA) is 72.0 Å². The van der Waals surface area contributed by atoms with Crippen LogP contribution < -0.4 is 4.72 Å². The Bertz CT molecular complexity index is 982. The number of pyridine rings is 2. The molecule has 0 aliphatic heterocycles. The number of benzene rings is 1. The molecule has 1 aromatic carbocycles. The molecule has 5 nitrogen and oxygen atoms in total. The molecule has 9 heteroatoms. The zero-order valence-electron chi connectivity index (χ0n) is 11.9. The molecule has 0 saturated heterocycles. The Balaban J connectivity index is 1.96. The van der Waals surface area contributed by atoms with Crippen LogP contribution in [-0.2, 0) is 16.2 Å². The van der Waals surface area contributed by atoms with Gasteiger partial charge < -0.3 is 0 Å². The molecule has 2 heterocycles. The largest absolute Gasteiger partial charge is 0.417 e. The Morgan fingerprint density at radius 1 is 0.958 bits per heavy atom. The van der Waals surface area contributed by atoms with Gasteiger partial charge in [-0.15, -0.1) is 0 Å². The fraction of sp³-hybridized carbons (Fsp3) is 0.0667. The Morgan fingerprint density at radius 3 is 2.38 bits per heavy atom. The summed E-state index contributed by atoms with van der Waals surface area (Å²) >= 11 is 0. The van der Waals surface area contributed by atoms with Crippen LogP contribution in [0, 0.1) is 0 Å². The number of hydrogen-bond donors (Lipinski definition) is 1. The number of anilines is 1. The third kappa shape index (κ3) is 3.16. The van der Waals surface area contributed by atoms with E-state index in [4.69, 9.17) is 0 Å². The lowest BCUT2D eigenvalue weighted by Crippen LogP contribution is -2.16. The van der Waals surface area contributed by atoms with E-state index < -0.39 is 26.8 Å². The fourth-order valence-corrected chi connectivity index (χ4v) is 3.09. The van der Waals surface area contributed by atoms with Crippen molar-refractivity contribution >= 4 is 26.6 Å². The Kier molecular flexibility index (Phi) is 3.88. The number of aromatic nitrogens is 2. The van der Waals surface area contributed by atoms with Crippen molar-refractivity contribution in [2.24, 2.45) is 0 Å². The van der Waals surface area contributed by atoms with Crippen LogP contribution in [0.5, 0.6) is 0 Å². The van der Waals surface area contributed by atoms with Gasteiger partial charge in [-0.05, 0) is 24.3 Å². The summed E-state index contributed by atoms with van der Waals surface area (Å²) in [5, 5.41) is 0.210. The third-order valence-corrected chi connectivity index (χ3v) is 4.50. The molecule has 2 aromatic heterocycles. The number of sulfonamides is 1. The molecular formula is C15H10F3N3O2S. The van der Waals surface area contributed by atoms with Crippen molar-refractivity contribution in [3.05, 3.63) is 60.4 Å². The second-order valence-corrected chi connectivity index (χ2v) is 6.50. The van der Waals surface area contributed by atoms with Crippen LogP contribution in [0.1, 0.15) is 5.56 Å². The van der Waals surface area contributed by atoms with E-state index in [9.17, 15) is 21.6 Å². The average molecular weight is 353 g/mol. The average Bonchev–Trinajstić information content (AvgIpc) is 2.54. The standard InChI is InChI=1S/C15H10F3N3O2S/c16-15(17,18)11-6-7-13(20-9-11)24(22,23)21-12-5-1-3-10-4-2-8-19-14(10)12/h1-9,21H. The van der Waals surface area contributed by atoms with Gasteiger partial charge in [0, 0.05) is 17.8 Å². The van der Waals surface area contributed by atoms with Crippen molar-refractivity contribution in [3.63, 3.8) is 0 Å². The predicted octanol–water partition coefficient (Wildman–Crippen LogP) is 3.45. The van der Waals surface area contributed by atoms with Gasteiger partial charge in [-0.3, -0.25) is 9.71 Å². The maximum atomic E-state index is 12.5. The van der Waals surface area contributed by atoms with E-state index in [0.29, 0.717) is 17.8 Å². The molecule has 0 bridgehead atoms. The summed E-state index contributed by atoms with van der Waals surface area (Å²) < 4.78 is 64.5. The van der Waals surface area contributed by atoms with Crippen molar-refractivity contribution in [2.75, 3.05) is 4.72 Å². The minimum absolute atomic E-state index is 0.217. The van der Waals surface area contributed by atoms with Gasteiger partial charge in [0.1, 0.15) is 0 Å². The number of rotatable bonds is 3. The molecule has 24 heavy (non-hydrogen) atoms. The number of hydrogen-bond acceptors (Lipinski definition) is 4. The first-order valence-corrected chi connectivity index (χ1v) is 8.15. The lowest BCUT2D eigenvalue weighted by Gasteiger charge is -2.10. The van der Waals surface area contributed by atoms with E-state index >= 15 is 0 Å². The Labute approximate surface area is 135 Å². The van der Waals surface area contributed by atoms with Gasteiger partial charge in [0.15, 0.2) is 5.03 Å². The highest BCUT2D eigenvalue weighted by Crippen LogP contribution is 2.29. The van der Waals surface area contributed by atoms with E-state index in [1.165, 1.54) is 12.3 Å². The first kappa shape index (κ1) is 16.2. The van der Waals surface area contributed by atoms with Crippen LogP contribution in [0.15, 0.2) is 59.9 Å². The van der Waals surface area contributed by atoms with Gasteiger partial charge in [0.2, 0.25) is 0 Å². The number of halogens is 3. The van der Waals surface area contributed by atoms with Gasteiger partial charge >= 0.3 is 6.18 Å². The normalized spacial score (nSPS) is 12.3. The fourth-order valence-electron chi connectivity index (χ4n) is 2.09. The summed E-state index contributed by atoms with van der Waals surface area (Å²) in [7, 11) is -4.14. The highest BCUT2D eigenvalue weighted by molar-refractivity contribution is 7.92. The molecule has 3 aromatic rings. The first-order chi connectivity index (χ1) is 11.3. The second kappa shape index (κ2) is 5.75. The summed E-state index contributed by atoms with van der Waals surface area (Å²) in [6.07, 6.45) is -2.59. The third-order valence-electron chi connectivity index (χ3n) is 3.22. The lowest BCUT2D eigenvalue weighted by molar-refractivity contribution is -0.137. The molecule has 0 fully saturated rings. The van der Waals surface area contributed by atoms with Crippen LogP contribution in [0.4, 0.5) is 18.9 Å². The van der Waals surface area contributed by atoms with E-state index in [1.807, 2.05) is 0 Å². The summed E-state index contributed by atoms with van der Waals surface area (Å²) in [6, 6.07) is 9.86. The quantitative estimate of drug-likeness (QED) is 0.783. The van der Waals surface area contributed by atoms with Gasteiger partial charge in [-0.2, -0.15) is 21.6 Å². The van der Waals surface area contributed by atoms with Crippen molar-refractivity contribution < 1.29 is 21.6 Å². The van der Waals surface area contributed by atoms with Crippen LogP contribution in [0.3, 0.4) is 0 Å². The van der Waals surface area contributed by atoms with E-state index in [1.54, 1.807) is 24.3 Å². The van der Waals surface area contributed by atoms with Crippen LogP contribution in [0.2, 0.25) is 0 Å². The summed E-state index contributed by atoms with van der Waals surface area (Å²) in [4.78, 5) is 7.51. The summed E-state index contributed by atoms with van der Waals surface area (Å²) in [5.74, 6) is 0. The minimum atomic E-state index is -4.58. The molecule has 0 unspecified atom stereocenters. The zero-order valence-corrected chi connectivity index (χ0v) is 12.8. The number of para-hydroxylation sites is 1. The molecule has 1 N–H and O–H groups in total. The van der Waals surface area contributed by atoms with Crippen LogP contribution in [-0.4, -0.2) is 18.4 Å². The monoisotopic (exact) mass is 353 g/mol. The maximum absolute atomic E-state index is 12.5. The molecule has 0 spiro atoms. The van der Waals surface area contributed by atoms with Gasteiger partial charge in [0.05, 0.1) is 16.8 Å². The summed E-state index contributed by atoms with van der Waals surface area (Å²) in [6.45, 7) is 0. The first-order valence-electron chi connectivity index (χ1n) is 6.67. The van der Waals surface area contributed by atoms with Crippen molar-refractivity contribution in [1.82, 2.24) is 9.97 Å². The molecule has 3 rings (SSSR count). The SMILES string of the molecule is O=S(=O)(Nc1cccc2cccnc12)c1ccc(C(F)(F)F)cn1. The molecule has 0 atom stereocenters. The Hall–Kier alpha value is -2.68. The zero-order chi connectivity index (χ0) is 17.4. The molecular weight excluding hydrogens is 343 g/mol. The van der Waals surface area contributed by atoms with E-state index in [0.717, 1.165) is 11.5 Å². The smallest absolute Gasteiger partial charge is 0.276 e. The molecule has 0 radical (unpaired) electrons. The number of alkyl halides is 3. The van der Waals surface area contributed by atoms with E-state index in [-0.39, 0.29) is 5.69 Å². The highest BCUT2D eigenvalue weighted by Gasteiger charge is 2.31. The minimum Gasteiger partial charge on any atom is -0.276 e. The molecule has 0 aliphatic rings. The lowest BCUT2D eigenvalue weighted by atomic mass is 10.2. The van der Waals surface area contributed by atoms with Crippen LogP contribution >= 0.6 is 0 Å². The van der Waals surface area contributed by atoms with Gasteiger partial charge in [0.25, 0.3) is 10.0 Å². The molecule has 0 aliphatic carbocycles. The molecule has 0 amide bonds. The summed E-state index contributed by atoms with van der Waals surface area (Å²) in [5.41, 5.74) is -0.376. The van der Waals surface area contributed by atoms with Gasteiger partial charge in [-0.25, -0.2) is 4.98 Å². The number of nitrogens with one attached hydrogen (secondary N) is 1. The molecule has 124 valence electrons. The number of nitrogens with zero attached hydrogens (tertiary/aromatic N) is 2. The second-order valence-electron chi connectivity index (χ2n) is 4.87. The molecule has 0 saturated carbocycles. The number of fused-ring (bicyclic) bond motifs is 1.